The van der Waals surface area contributed by atoms with Gasteiger partial charge in [0.15, 0.2) is 0 Å². The van der Waals surface area contributed by atoms with Crippen LogP contribution in [0.5, 0.6) is 0 Å². The van der Waals surface area contributed by atoms with Gasteiger partial charge in [-0.25, -0.2) is 12.8 Å². The van der Waals surface area contributed by atoms with E-state index in [0.717, 1.165) is 0 Å². The maximum atomic E-state index is 13.8. The quantitative estimate of drug-likeness (QED) is 0.800. The first-order chi connectivity index (χ1) is 12.2. The lowest BCUT2D eigenvalue weighted by atomic mass is 10.1. The predicted octanol–water partition coefficient (Wildman–Crippen LogP) is 3.21. The first kappa shape index (κ1) is 18.8. The molecule has 5 nitrogen and oxygen atoms in total. The molecule has 1 saturated heterocycles. The molecule has 1 aliphatic rings. The van der Waals surface area contributed by atoms with E-state index >= 15 is 0 Å². The van der Waals surface area contributed by atoms with Gasteiger partial charge in [0.25, 0.3) is 0 Å². The summed E-state index contributed by atoms with van der Waals surface area (Å²) in [5.41, 5.74) is 0.909. The number of anilines is 1. The average Bonchev–Trinajstić information content (AvgIpc) is 2.60. The van der Waals surface area contributed by atoms with E-state index in [1.807, 2.05) is 0 Å². The number of carbonyl (C=O) groups is 1. The normalized spacial score (nSPS) is 19.0. The lowest BCUT2D eigenvalue weighted by Crippen LogP contribution is -2.57. The van der Waals surface area contributed by atoms with Crippen LogP contribution in [0.15, 0.2) is 47.4 Å². The van der Waals surface area contributed by atoms with Crippen molar-refractivity contribution >= 4 is 33.2 Å². The van der Waals surface area contributed by atoms with Gasteiger partial charge in [-0.05, 0) is 55.8 Å². The Balaban J connectivity index is 1.87. The summed E-state index contributed by atoms with van der Waals surface area (Å²) in [4.78, 5) is 14.2. The van der Waals surface area contributed by atoms with Crippen LogP contribution in [-0.2, 0) is 14.8 Å². The lowest BCUT2D eigenvalue weighted by Gasteiger charge is -2.38. The Hall–Kier alpha value is -1.96. The van der Waals surface area contributed by atoms with Crippen LogP contribution in [0.25, 0.3) is 0 Å². The molecule has 1 amide bonds. The monoisotopic (exact) mass is 396 g/mol. The summed E-state index contributed by atoms with van der Waals surface area (Å²) < 4.78 is 40.7. The first-order valence-corrected chi connectivity index (χ1v) is 9.88. The van der Waals surface area contributed by atoms with Gasteiger partial charge in [-0.2, -0.15) is 4.31 Å². The Morgan fingerprint density at radius 1 is 1.12 bits per heavy atom. The van der Waals surface area contributed by atoms with Crippen molar-refractivity contribution in [1.29, 1.82) is 0 Å². The molecule has 1 aliphatic heterocycles. The molecule has 2 aromatic carbocycles. The van der Waals surface area contributed by atoms with Crippen LogP contribution < -0.4 is 4.90 Å². The molecule has 0 spiro atoms. The topological polar surface area (TPSA) is 57.7 Å². The molecule has 1 unspecified atom stereocenters. The van der Waals surface area contributed by atoms with E-state index in [0.29, 0.717) is 16.3 Å². The number of rotatable bonds is 3. The molecule has 26 heavy (non-hydrogen) atoms. The van der Waals surface area contributed by atoms with E-state index < -0.39 is 27.8 Å². The molecular formula is C18H18ClFN2O3S. The van der Waals surface area contributed by atoms with Crippen molar-refractivity contribution < 1.29 is 17.6 Å². The van der Waals surface area contributed by atoms with E-state index in [2.05, 4.69) is 0 Å². The van der Waals surface area contributed by atoms with Gasteiger partial charge in [-0.15, -0.1) is 0 Å². The summed E-state index contributed by atoms with van der Waals surface area (Å²) in [5.74, 6) is -0.795. The molecule has 0 radical (unpaired) electrons. The number of benzene rings is 2. The summed E-state index contributed by atoms with van der Waals surface area (Å²) in [7, 11) is -3.83. The molecule has 0 saturated carbocycles. The standard InChI is InChI=1S/C18H18ClFN2O3S/c1-12-3-6-15(11-17(12)20)21-9-10-22(13(2)18(21)23)26(24,25)16-7-4-14(19)5-8-16/h3-8,11,13H,9-10H2,1-2H3. The number of carbonyl (C=O) groups excluding carboxylic acids is 1. The van der Waals surface area contributed by atoms with Crippen molar-refractivity contribution in [1.82, 2.24) is 4.31 Å². The second kappa shape index (κ2) is 6.98. The van der Waals surface area contributed by atoms with Gasteiger partial charge < -0.3 is 4.90 Å². The van der Waals surface area contributed by atoms with Crippen molar-refractivity contribution in [2.24, 2.45) is 0 Å². The van der Waals surface area contributed by atoms with Crippen molar-refractivity contribution in [3.8, 4) is 0 Å². The molecule has 0 aromatic heterocycles. The zero-order chi connectivity index (χ0) is 19.1. The van der Waals surface area contributed by atoms with Crippen LogP contribution in [0.4, 0.5) is 10.1 Å². The van der Waals surface area contributed by atoms with Crippen LogP contribution in [0.2, 0.25) is 5.02 Å². The number of amides is 1. The minimum Gasteiger partial charge on any atom is -0.310 e. The molecule has 2 aromatic rings. The smallest absolute Gasteiger partial charge is 0.245 e. The van der Waals surface area contributed by atoms with Crippen LogP contribution in [0.3, 0.4) is 0 Å². The third kappa shape index (κ3) is 3.34. The van der Waals surface area contributed by atoms with E-state index in [9.17, 15) is 17.6 Å². The Morgan fingerprint density at radius 3 is 2.38 bits per heavy atom. The van der Waals surface area contributed by atoms with Gasteiger partial charge >= 0.3 is 0 Å². The first-order valence-electron chi connectivity index (χ1n) is 8.07. The highest BCUT2D eigenvalue weighted by Crippen LogP contribution is 2.27. The maximum absolute atomic E-state index is 13.8. The van der Waals surface area contributed by atoms with Gasteiger partial charge in [0.1, 0.15) is 11.9 Å². The third-order valence-corrected chi connectivity index (χ3v) is 6.72. The minimum absolute atomic E-state index is 0.0800. The molecule has 1 fully saturated rings. The Morgan fingerprint density at radius 2 is 1.77 bits per heavy atom. The number of hydrogen-bond acceptors (Lipinski definition) is 3. The number of halogens is 2. The van der Waals surface area contributed by atoms with Crippen molar-refractivity contribution in [3.63, 3.8) is 0 Å². The zero-order valence-electron chi connectivity index (χ0n) is 14.3. The molecule has 0 bridgehead atoms. The maximum Gasteiger partial charge on any atom is 0.245 e. The Bertz CT molecular complexity index is 947. The Kier molecular flexibility index (Phi) is 5.05. The SMILES string of the molecule is Cc1ccc(N2CCN(S(=O)(=O)c3ccc(Cl)cc3)C(C)C2=O)cc1F. The van der Waals surface area contributed by atoms with E-state index in [1.165, 1.54) is 46.5 Å². The molecule has 1 atom stereocenters. The fraction of sp³-hybridized carbons (Fsp3) is 0.278. The largest absolute Gasteiger partial charge is 0.310 e. The summed E-state index contributed by atoms with van der Waals surface area (Å²) in [6, 6.07) is 9.47. The van der Waals surface area contributed by atoms with Crippen LogP contribution in [0.1, 0.15) is 12.5 Å². The van der Waals surface area contributed by atoms with Crippen LogP contribution >= 0.6 is 11.6 Å². The predicted molar refractivity (Wildman–Crippen MR) is 98.3 cm³/mol. The van der Waals surface area contributed by atoms with E-state index in [4.69, 9.17) is 11.6 Å². The number of aryl methyl sites for hydroxylation is 1. The van der Waals surface area contributed by atoms with Gasteiger partial charge in [0.05, 0.1) is 4.90 Å². The molecule has 8 heteroatoms. The van der Waals surface area contributed by atoms with E-state index in [-0.39, 0.29) is 18.0 Å². The molecule has 138 valence electrons. The lowest BCUT2D eigenvalue weighted by molar-refractivity contribution is -0.123. The van der Waals surface area contributed by atoms with Crippen molar-refractivity contribution in [2.75, 3.05) is 18.0 Å². The molecular weight excluding hydrogens is 379 g/mol. The fourth-order valence-electron chi connectivity index (χ4n) is 2.93. The fourth-order valence-corrected chi connectivity index (χ4v) is 4.63. The van der Waals surface area contributed by atoms with Gasteiger partial charge in [0.2, 0.25) is 15.9 Å². The van der Waals surface area contributed by atoms with Crippen molar-refractivity contribution in [3.05, 3.63) is 58.9 Å². The average molecular weight is 397 g/mol. The highest BCUT2D eigenvalue weighted by Gasteiger charge is 2.39. The third-order valence-electron chi connectivity index (χ3n) is 4.49. The minimum atomic E-state index is -3.83. The molecule has 3 rings (SSSR count). The van der Waals surface area contributed by atoms with Gasteiger partial charge in [-0.1, -0.05) is 17.7 Å². The summed E-state index contributed by atoms with van der Waals surface area (Å²) >= 11 is 5.81. The van der Waals surface area contributed by atoms with Gasteiger partial charge in [0, 0.05) is 23.8 Å². The van der Waals surface area contributed by atoms with Crippen molar-refractivity contribution in [2.45, 2.75) is 24.8 Å². The second-order valence-corrected chi connectivity index (χ2v) is 8.50. The second-order valence-electron chi connectivity index (χ2n) is 6.17. The highest BCUT2D eigenvalue weighted by molar-refractivity contribution is 7.89. The molecule has 0 N–H and O–H groups in total. The summed E-state index contributed by atoms with van der Waals surface area (Å²) in [6.07, 6.45) is 0. The van der Waals surface area contributed by atoms with Gasteiger partial charge in [-0.3, -0.25) is 4.79 Å². The molecule has 0 aliphatic carbocycles. The zero-order valence-corrected chi connectivity index (χ0v) is 15.9. The van der Waals surface area contributed by atoms with Crippen LogP contribution in [-0.4, -0.2) is 37.8 Å². The van der Waals surface area contributed by atoms with E-state index in [1.54, 1.807) is 19.1 Å². The number of hydrogen-bond donors (Lipinski definition) is 0. The Labute approximate surface area is 157 Å². The highest BCUT2D eigenvalue weighted by atomic mass is 35.5. The number of sulfonamides is 1. The summed E-state index contributed by atoms with van der Waals surface area (Å²) in [5, 5.41) is 0.430. The molecule has 1 heterocycles. The van der Waals surface area contributed by atoms with Crippen LogP contribution in [0, 0.1) is 12.7 Å². The number of nitrogens with zero attached hydrogens (tertiary/aromatic N) is 2. The summed E-state index contributed by atoms with van der Waals surface area (Å²) in [6.45, 7) is 3.44. The number of piperazine rings is 1.